The molecule has 1 aromatic rings. The molecule has 1 rings (SSSR count). The van der Waals surface area contributed by atoms with Gasteiger partial charge in [-0.25, -0.2) is 4.79 Å². The Balaban J connectivity index is 2.42. The van der Waals surface area contributed by atoms with Crippen LogP contribution >= 0.6 is 11.8 Å². The van der Waals surface area contributed by atoms with Crippen molar-refractivity contribution in [3.8, 4) is 0 Å². The number of carboxylic acid groups (broad SMARTS) is 1. The van der Waals surface area contributed by atoms with Crippen LogP contribution in [0.1, 0.15) is 6.92 Å². The van der Waals surface area contributed by atoms with Gasteiger partial charge in [0.2, 0.25) is 0 Å². The molecule has 1 aromatic carbocycles. The van der Waals surface area contributed by atoms with E-state index in [0.717, 1.165) is 4.90 Å². The summed E-state index contributed by atoms with van der Waals surface area (Å²) in [6, 6.07) is 7.00. The zero-order chi connectivity index (χ0) is 13.5. The number of carbonyl (C=O) groups excluding carboxylic acids is 1. The summed E-state index contributed by atoms with van der Waals surface area (Å²) >= 11 is 1.62. The zero-order valence-electron chi connectivity index (χ0n) is 10.3. The Labute approximate surface area is 110 Å². The Morgan fingerprint density at radius 1 is 1.33 bits per heavy atom. The topological polar surface area (TPSA) is 78.4 Å². The lowest BCUT2D eigenvalue weighted by Gasteiger charge is -2.10. The monoisotopic (exact) mass is 268 g/mol. The minimum atomic E-state index is -0.931. The van der Waals surface area contributed by atoms with Crippen molar-refractivity contribution in [2.24, 2.45) is 5.92 Å². The number of urea groups is 1. The van der Waals surface area contributed by atoms with Crippen LogP contribution < -0.4 is 10.6 Å². The van der Waals surface area contributed by atoms with E-state index in [0.29, 0.717) is 5.69 Å². The van der Waals surface area contributed by atoms with Crippen LogP contribution in [0.3, 0.4) is 0 Å². The molecule has 18 heavy (non-hydrogen) atoms. The number of nitrogens with one attached hydrogen (secondary N) is 2. The molecule has 0 radical (unpaired) electrons. The van der Waals surface area contributed by atoms with Gasteiger partial charge in [-0.3, -0.25) is 4.79 Å². The highest BCUT2D eigenvalue weighted by molar-refractivity contribution is 7.98. The van der Waals surface area contributed by atoms with E-state index >= 15 is 0 Å². The van der Waals surface area contributed by atoms with Gasteiger partial charge in [0.05, 0.1) is 5.92 Å². The molecule has 0 saturated heterocycles. The van der Waals surface area contributed by atoms with E-state index in [-0.39, 0.29) is 6.54 Å². The molecule has 98 valence electrons. The maximum absolute atomic E-state index is 11.5. The van der Waals surface area contributed by atoms with Gasteiger partial charge in [0, 0.05) is 17.1 Å². The molecule has 0 aliphatic carbocycles. The van der Waals surface area contributed by atoms with Gasteiger partial charge in [-0.1, -0.05) is 6.92 Å². The Morgan fingerprint density at radius 2 is 1.94 bits per heavy atom. The first-order valence-corrected chi connectivity index (χ1v) is 6.67. The highest BCUT2D eigenvalue weighted by Crippen LogP contribution is 2.17. The molecule has 5 nitrogen and oxygen atoms in total. The third kappa shape index (κ3) is 4.67. The number of aliphatic carboxylic acids is 1. The molecule has 1 unspecified atom stereocenters. The molecule has 0 aliphatic heterocycles. The van der Waals surface area contributed by atoms with Gasteiger partial charge < -0.3 is 15.7 Å². The number of carboxylic acids is 1. The number of benzene rings is 1. The Bertz CT molecular complexity index is 420. The molecule has 0 bridgehead atoms. The molecule has 2 amide bonds. The predicted molar refractivity (Wildman–Crippen MR) is 72.0 cm³/mol. The molecular formula is C12H16N2O3S. The van der Waals surface area contributed by atoms with E-state index in [2.05, 4.69) is 10.6 Å². The van der Waals surface area contributed by atoms with Crippen LogP contribution in [0.25, 0.3) is 0 Å². The summed E-state index contributed by atoms with van der Waals surface area (Å²) in [7, 11) is 0. The third-order valence-corrected chi connectivity index (χ3v) is 3.08. The summed E-state index contributed by atoms with van der Waals surface area (Å²) in [5, 5.41) is 13.8. The summed E-state index contributed by atoms with van der Waals surface area (Å²) in [5.41, 5.74) is 0.674. The van der Waals surface area contributed by atoms with Gasteiger partial charge in [-0.2, -0.15) is 0 Å². The van der Waals surface area contributed by atoms with Crippen LogP contribution in [-0.4, -0.2) is 29.9 Å². The number of amides is 2. The number of hydrogen-bond donors (Lipinski definition) is 3. The summed E-state index contributed by atoms with van der Waals surface area (Å²) < 4.78 is 0. The molecular weight excluding hydrogens is 252 g/mol. The van der Waals surface area contributed by atoms with E-state index in [1.54, 1.807) is 23.9 Å². The Hall–Kier alpha value is -1.69. The summed E-state index contributed by atoms with van der Waals surface area (Å²) in [6.45, 7) is 1.64. The smallest absolute Gasteiger partial charge is 0.319 e. The van der Waals surface area contributed by atoms with E-state index in [1.165, 1.54) is 6.92 Å². The summed E-state index contributed by atoms with van der Waals surface area (Å²) in [6.07, 6.45) is 1.97. The van der Waals surface area contributed by atoms with Crippen LogP contribution in [0.15, 0.2) is 29.2 Å². The molecule has 0 aromatic heterocycles. The van der Waals surface area contributed by atoms with Crippen LogP contribution in [0.5, 0.6) is 0 Å². The van der Waals surface area contributed by atoms with Crippen molar-refractivity contribution in [1.82, 2.24) is 5.32 Å². The number of carbonyl (C=O) groups is 2. The lowest BCUT2D eigenvalue weighted by molar-refractivity contribution is -0.140. The van der Waals surface area contributed by atoms with E-state index in [4.69, 9.17) is 5.11 Å². The molecule has 0 spiro atoms. The minimum Gasteiger partial charge on any atom is -0.481 e. The quantitative estimate of drug-likeness (QED) is 0.716. The molecule has 1 atom stereocenters. The molecule has 3 N–H and O–H groups in total. The number of hydrogen-bond acceptors (Lipinski definition) is 3. The molecule has 0 saturated carbocycles. The normalized spacial score (nSPS) is 11.7. The van der Waals surface area contributed by atoms with Crippen molar-refractivity contribution in [1.29, 1.82) is 0 Å². The van der Waals surface area contributed by atoms with Gasteiger partial charge in [0.15, 0.2) is 0 Å². The molecule has 0 heterocycles. The first-order chi connectivity index (χ1) is 8.52. The van der Waals surface area contributed by atoms with Crippen LogP contribution in [0.4, 0.5) is 10.5 Å². The van der Waals surface area contributed by atoms with Crippen molar-refractivity contribution >= 4 is 29.4 Å². The fourth-order valence-electron chi connectivity index (χ4n) is 1.18. The lowest BCUT2D eigenvalue weighted by atomic mass is 10.2. The van der Waals surface area contributed by atoms with Gasteiger partial charge in [-0.15, -0.1) is 11.8 Å². The molecule has 0 aliphatic rings. The van der Waals surface area contributed by atoms with Crippen molar-refractivity contribution in [3.63, 3.8) is 0 Å². The number of rotatable bonds is 5. The van der Waals surface area contributed by atoms with E-state index in [9.17, 15) is 9.59 Å². The molecule has 0 fully saturated rings. The van der Waals surface area contributed by atoms with Crippen molar-refractivity contribution < 1.29 is 14.7 Å². The fraction of sp³-hybridized carbons (Fsp3) is 0.333. The summed E-state index contributed by atoms with van der Waals surface area (Å²) in [5.74, 6) is -1.53. The average molecular weight is 268 g/mol. The maximum atomic E-state index is 11.5. The van der Waals surface area contributed by atoms with Gasteiger partial charge >= 0.3 is 12.0 Å². The van der Waals surface area contributed by atoms with E-state index < -0.39 is 17.9 Å². The Morgan fingerprint density at radius 3 is 2.44 bits per heavy atom. The standard InChI is InChI=1S/C12H16N2O3S/c1-8(11(15)16)7-13-12(17)14-9-3-5-10(18-2)6-4-9/h3-6,8H,7H2,1-2H3,(H,15,16)(H2,13,14,17). The predicted octanol–water partition coefficient (Wildman–Crippen LogP) is 2.25. The molecule has 6 heteroatoms. The fourth-order valence-corrected chi connectivity index (χ4v) is 1.59. The minimum absolute atomic E-state index is 0.101. The van der Waals surface area contributed by atoms with Crippen LogP contribution in [0, 0.1) is 5.92 Å². The van der Waals surface area contributed by atoms with Crippen LogP contribution in [0.2, 0.25) is 0 Å². The van der Waals surface area contributed by atoms with Gasteiger partial charge in [-0.05, 0) is 30.5 Å². The van der Waals surface area contributed by atoms with Crippen molar-refractivity contribution in [2.45, 2.75) is 11.8 Å². The highest BCUT2D eigenvalue weighted by Gasteiger charge is 2.11. The maximum Gasteiger partial charge on any atom is 0.319 e. The lowest BCUT2D eigenvalue weighted by Crippen LogP contribution is -2.34. The van der Waals surface area contributed by atoms with Crippen LogP contribution in [-0.2, 0) is 4.79 Å². The summed E-state index contributed by atoms with van der Waals surface area (Å²) in [4.78, 5) is 23.2. The first-order valence-electron chi connectivity index (χ1n) is 5.44. The number of thioether (sulfide) groups is 1. The van der Waals surface area contributed by atoms with Crippen molar-refractivity contribution in [2.75, 3.05) is 18.1 Å². The average Bonchev–Trinajstić information content (AvgIpc) is 2.36. The van der Waals surface area contributed by atoms with Gasteiger partial charge in [0.1, 0.15) is 0 Å². The van der Waals surface area contributed by atoms with Gasteiger partial charge in [0.25, 0.3) is 0 Å². The SMILES string of the molecule is CSc1ccc(NC(=O)NCC(C)C(=O)O)cc1. The highest BCUT2D eigenvalue weighted by atomic mass is 32.2. The zero-order valence-corrected chi connectivity index (χ0v) is 11.1. The van der Waals surface area contributed by atoms with E-state index in [1.807, 2.05) is 18.4 Å². The Kier molecular flexibility index (Phi) is 5.51. The second-order valence-electron chi connectivity index (χ2n) is 3.80. The third-order valence-electron chi connectivity index (χ3n) is 2.34. The second kappa shape index (κ2) is 6.90. The largest absolute Gasteiger partial charge is 0.481 e. The second-order valence-corrected chi connectivity index (χ2v) is 4.68. The number of anilines is 1. The van der Waals surface area contributed by atoms with Crippen molar-refractivity contribution in [3.05, 3.63) is 24.3 Å². The first kappa shape index (κ1) is 14.4.